The third kappa shape index (κ3) is 2.68. The molecule has 1 saturated heterocycles. The van der Waals surface area contributed by atoms with E-state index in [0.717, 1.165) is 5.39 Å². The van der Waals surface area contributed by atoms with Crippen LogP contribution in [0.25, 0.3) is 32.6 Å². The second-order valence-corrected chi connectivity index (χ2v) is 7.43. The van der Waals surface area contributed by atoms with Gasteiger partial charge in [0.15, 0.2) is 0 Å². The molecular formula is C19H20N6OS. The minimum atomic E-state index is -1.90. The number of hydrogen-bond donors (Lipinski definition) is 3. The fourth-order valence-electron chi connectivity index (χ4n) is 3.21. The zero-order chi connectivity index (χ0) is 22.1. The average Bonchev–Trinajstić information content (AvgIpc) is 3.25. The first-order valence-corrected chi connectivity index (χ1v) is 9.33. The highest BCUT2D eigenvalue weighted by Gasteiger charge is 2.18. The second kappa shape index (κ2) is 6.11. The molecule has 0 radical (unpaired) electrons. The molecule has 1 fully saturated rings. The monoisotopic (exact) mass is 384 g/mol. The highest BCUT2D eigenvalue weighted by atomic mass is 32.1. The Balaban J connectivity index is 1.63. The first kappa shape index (κ1) is 12.5. The van der Waals surface area contributed by atoms with Crippen LogP contribution in [0.4, 0.5) is 11.4 Å². The minimum Gasteiger partial charge on any atom is -0.397 e. The largest absolute Gasteiger partial charge is 0.397 e. The van der Waals surface area contributed by atoms with Crippen LogP contribution in [-0.4, -0.2) is 53.0 Å². The predicted octanol–water partition coefficient (Wildman–Crippen LogP) is 2.47. The van der Waals surface area contributed by atoms with Crippen LogP contribution < -0.4 is 16.2 Å². The van der Waals surface area contributed by atoms with Crippen LogP contribution in [0.3, 0.4) is 0 Å². The predicted molar refractivity (Wildman–Crippen MR) is 112 cm³/mol. The Kier molecular flexibility index (Phi) is 2.83. The first-order valence-electron chi connectivity index (χ1n) is 10.4. The number of H-pyrrole nitrogens is 2. The number of nitrogens with one attached hydrogen (secondary N) is 2. The van der Waals surface area contributed by atoms with Crippen molar-refractivity contribution in [3.05, 3.63) is 40.0 Å². The molecule has 27 heavy (non-hydrogen) atoms. The van der Waals surface area contributed by atoms with Crippen LogP contribution in [0.1, 0.15) is 5.48 Å². The molecular weight excluding hydrogens is 360 g/mol. The van der Waals surface area contributed by atoms with Gasteiger partial charge in [0.05, 0.1) is 22.2 Å². The fourth-order valence-corrected chi connectivity index (χ4v) is 4.00. The summed E-state index contributed by atoms with van der Waals surface area (Å²) in [6.07, 6.45) is 0. The summed E-state index contributed by atoms with van der Waals surface area (Å²) in [4.78, 5) is 26.6. The zero-order valence-electron chi connectivity index (χ0n) is 18.5. The number of benzene rings is 1. The van der Waals surface area contributed by atoms with Crippen LogP contribution in [0, 0.1) is 0 Å². The van der Waals surface area contributed by atoms with Gasteiger partial charge in [-0.2, -0.15) is 0 Å². The quantitative estimate of drug-likeness (QED) is 0.494. The van der Waals surface area contributed by atoms with Gasteiger partial charge in [-0.1, -0.05) is 0 Å². The van der Waals surface area contributed by atoms with Crippen molar-refractivity contribution in [1.82, 2.24) is 19.9 Å². The minimum absolute atomic E-state index is 0.0747. The number of thiophene rings is 1. The molecule has 0 atom stereocenters. The van der Waals surface area contributed by atoms with Gasteiger partial charge < -0.3 is 25.5 Å². The number of hydrogen-bond acceptors (Lipinski definition) is 6. The number of piperazine rings is 1. The number of fused-ring (bicyclic) bond motifs is 2. The summed E-state index contributed by atoms with van der Waals surface area (Å²) in [5, 5.41) is 2.60. The molecule has 0 bridgehead atoms. The molecule has 0 amide bonds. The number of nitrogens with zero attached hydrogens (tertiary/aromatic N) is 3. The van der Waals surface area contributed by atoms with Crippen LogP contribution in [0.15, 0.2) is 34.4 Å². The number of likely N-dealkylation sites (N-methyl/N-ethyl adjacent to an activating group) is 1. The van der Waals surface area contributed by atoms with E-state index in [0.29, 0.717) is 33.1 Å². The molecule has 138 valence electrons. The lowest BCUT2D eigenvalue weighted by atomic mass is 10.2. The molecule has 0 aliphatic carbocycles. The summed E-state index contributed by atoms with van der Waals surface area (Å²) in [5.41, 5.74) is 8.01. The number of imidazole rings is 1. The fraction of sp³-hybridized carbons (Fsp3) is 0.263. The molecule has 1 aliphatic heterocycles. The van der Waals surface area contributed by atoms with Gasteiger partial charge in [-0.15, -0.1) is 11.3 Å². The van der Waals surface area contributed by atoms with Crippen LogP contribution >= 0.6 is 11.3 Å². The Morgan fingerprint density at radius 2 is 2.07 bits per heavy atom. The smallest absolute Gasteiger partial charge is 0.262 e. The number of aromatic nitrogens is 3. The van der Waals surface area contributed by atoms with E-state index in [1.165, 1.54) is 16.2 Å². The van der Waals surface area contributed by atoms with E-state index >= 15 is 0 Å². The third-order valence-electron chi connectivity index (χ3n) is 4.64. The highest BCUT2D eigenvalue weighted by Crippen LogP contribution is 2.31. The summed E-state index contributed by atoms with van der Waals surface area (Å²) in [5.74, 6) is 0.309. The summed E-state index contributed by atoms with van der Waals surface area (Å²) in [6.45, 7) is -3.66. The lowest BCUT2D eigenvalue weighted by Crippen LogP contribution is -2.44. The number of nitrogens with two attached hydrogens (primary N) is 1. The Morgan fingerprint density at radius 3 is 2.89 bits per heavy atom. The second-order valence-electron chi connectivity index (χ2n) is 6.52. The van der Waals surface area contributed by atoms with Crippen molar-refractivity contribution in [3.8, 4) is 11.4 Å². The van der Waals surface area contributed by atoms with E-state index in [9.17, 15) is 4.79 Å². The molecule has 0 unspecified atom stereocenters. The normalized spacial score (nSPS) is 21.7. The van der Waals surface area contributed by atoms with E-state index in [4.69, 9.17) is 11.2 Å². The summed E-state index contributed by atoms with van der Waals surface area (Å²) in [7, 11) is 1.70. The van der Waals surface area contributed by atoms with Crippen molar-refractivity contribution in [2.75, 3.05) is 43.8 Å². The molecule has 1 aromatic carbocycles. The van der Waals surface area contributed by atoms with Crippen molar-refractivity contribution >= 4 is 44.0 Å². The number of rotatable bonds is 2. The van der Waals surface area contributed by atoms with E-state index in [2.05, 4.69) is 15.0 Å². The zero-order valence-corrected chi connectivity index (χ0v) is 15.4. The molecule has 3 aromatic heterocycles. The van der Waals surface area contributed by atoms with Gasteiger partial charge in [0.25, 0.3) is 5.56 Å². The molecule has 4 N–H and O–H groups in total. The SMILES string of the molecule is [2H]C1([2H])CN(C)CC([2H])([2H])N1c1ccc2nc(-c3c(N)c4ccsc4[nH]c3=O)[nH]c2c1. The van der Waals surface area contributed by atoms with Crippen molar-refractivity contribution in [2.24, 2.45) is 0 Å². The third-order valence-corrected chi connectivity index (χ3v) is 5.47. The lowest BCUT2D eigenvalue weighted by Gasteiger charge is -2.34. The van der Waals surface area contributed by atoms with E-state index in [-0.39, 0.29) is 24.2 Å². The summed E-state index contributed by atoms with van der Waals surface area (Å²) in [6, 6.07) is 6.82. The van der Waals surface area contributed by atoms with Crippen LogP contribution in [0.2, 0.25) is 0 Å². The summed E-state index contributed by atoms with van der Waals surface area (Å²) >= 11 is 1.40. The topological polar surface area (TPSA) is 94.0 Å². The Labute approximate surface area is 165 Å². The molecule has 4 aromatic rings. The van der Waals surface area contributed by atoms with Crippen LogP contribution in [-0.2, 0) is 0 Å². The molecule has 8 heteroatoms. The number of nitrogen functional groups attached to an aromatic ring is 1. The molecule has 1 aliphatic rings. The Hall–Kier alpha value is -2.84. The van der Waals surface area contributed by atoms with E-state index < -0.39 is 13.0 Å². The molecule has 7 nitrogen and oxygen atoms in total. The Morgan fingerprint density at radius 1 is 1.26 bits per heavy atom. The highest BCUT2D eigenvalue weighted by molar-refractivity contribution is 7.16. The van der Waals surface area contributed by atoms with Gasteiger partial charge in [0.2, 0.25) is 0 Å². The maximum absolute atomic E-state index is 12.6. The van der Waals surface area contributed by atoms with Gasteiger partial charge in [-0.3, -0.25) is 4.79 Å². The molecule has 0 saturated carbocycles. The standard InChI is InChI=1S/C19H20N6OS/c1-24-5-7-25(8-6-24)11-2-3-13-14(10-11)22-17(21-13)15-16(20)12-4-9-27-19(12)23-18(15)26/h2-4,9-10H,5-8H2,1H3,(H,21,22)(H3,20,23,26)/i7D2,8D2. The van der Waals surface area contributed by atoms with E-state index in [1.54, 1.807) is 30.1 Å². The van der Waals surface area contributed by atoms with Gasteiger partial charge in [-0.25, -0.2) is 4.98 Å². The van der Waals surface area contributed by atoms with E-state index in [1.807, 2.05) is 11.4 Å². The van der Waals surface area contributed by atoms with Gasteiger partial charge in [0.1, 0.15) is 16.2 Å². The first-order chi connectivity index (χ1) is 14.6. The number of anilines is 2. The number of pyridine rings is 1. The average molecular weight is 385 g/mol. The number of aromatic amines is 2. The molecule has 5 rings (SSSR count). The molecule has 0 spiro atoms. The van der Waals surface area contributed by atoms with Gasteiger partial charge >= 0.3 is 0 Å². The van der Waals surface area contributed by atoms with Crippen LogP contribution in [0.5, 0.6) is 0 Å². The Bertz CT molecular complexity index is 1360. The van der Waals surface area contributed by atoms with Crippen molar-refractivity contribution < 1.29 is 5.48 Å². The summed E-state index contributed by atoms with van der Waals surface area (Å²) < 4.78 is 33.6. The van der Waals surface area contributed by atoms with Crippen molar-refractivity contribution in [2.45, 2.75) is 0 Å². The molecule has 4 heterocycles. The maximum atomic E-state index is 12.6. The van der Waals surface area contributed by atoms with Gasteiger partial charge in [0, 0.05) is 37.2 Å². The lowest BCUT2D eigenvalue weighted by molar-refractivity contribution is 0.313. The van der Waals surface area contributed by atoms with Crippen molar-refractivity contribution in [3.63, 3.8) is 0 Å². The van der Waals surface area contributed by atoms with Gasteiger partial charge in [-0.05, 0) is 36.7 Å². The van der Waals surface area contributed by atoms with Crippen molar-refractivity contribution in [1.29, 1.82) is 0 Å². The maximum Gasteiger partial charge on any atom is 0.262 e.